The summed E-state index contributed by atoms with van der Waals surface area (Å²) < 4.78 is 0. The van der Waals surface area contributed by atoms with Crippen LogP contribution in [0.15, 0.2) is 35.3 Å². The van der Waals surface area contributed by atoms with E-state index in [4.69, 9.17) is 6.58 Å². The fraction of sp³-hybridized carbons (Fsp3) is 0. The van der Waals surface area contributed by atoms with E-state index in [1.54, 1.807) is 0 Å². The SMILES string of the molecule is [CH-]=C=Nc1ccccc1.[Li+].[Li+]. The van der Waals surface area contributed by atoms with E-state index < -0.39 is 0 Å². The topological polar surface area (TPSA) is 12.4 Å². The molecular weight excluding hydrogens is 124 g/mol. The van der Waals surface area contributed by atoms with Crippen molar-refractivity contribution in [1.82, 2.24) is 0 Å². The molecule has 0 saturated heterocycles. The molecule has 0 atom stereocenters. The summed E-state index contributed by atoms with van der Waals surface area (Å²) in [6.07, 6.45) is 0. The minimum atomic E-state index is 0. The predicted octanol–water partition coefficient (Wildman–Crippen LogP) is -4.02. The van der Waals surface area contributed by atoms with Gasteiger partial charge in [-0.15, -0.1) is 0 Å². The average molecular weight is 130 g/mol. The zero-order valence-electron chi connectivity index (χ0n) is 6.91. The van der Waals surface area contributed by atoms with Crippen LogP contribution in [0.2, 0.25) is 0 Å². The molecule has 0 fully saturated rings. The van der Waals surface area contributed by atoms with Crippen molar-refractivity contribution in [3.05, 3.63) is 36.9 Å². The molecule has 44 valence electrons. The van der Waals surface area contributed by atoms with Gasteiger partial charge in [0.15, 0.2) is 0 Å². The Kier molecular flexibility index (Phi) is 9.74. The van der Waals surface area contributed by atoms with Crippen molar-refractivity contribution < 1.29 is 37.7 Å². The summed E-state index contributed by atoms with van der Waals surface area (Å²) in [6, 6.07) is 9.45. The number of rotatable bonds is 1. The van der Waals surface area contributed by atoms with Crippen LogP contribution in [0.4, 0.5) is 5.69 Å². The third kappa shape index (κ3) is 5.17. The third-order valence-electron chi connectivity index (χ3n) is 0.950. The van der Waals surface area contributed by atoms with Crippen LogP contribution in [0, 0.1) is 6.58 Å². The van der Waals surface area contributed by atoms with Crippen molar-refractivity contribution in [2.24, 2.45) is 4.99 Å². The first-order valence-electron chi connectivity index (χ1n) is 2.65. The van der Waals surface area contributed by atoms with Crippen LogP contribution < -0.4 is 37.7 Å². The van der Waals surface area contributed by atoms with E-state index in [2.05, 4.69) is 10.9 Å². The van der Waals surface area contributed by atoms with Crippen LogP contribution >= 0.6 is 0 Å². The Bertz CT molecular complexity index is 227. The molecule has 0 radical (unpaired) electrons. The fourth-order valence-electron chi connectivity index (χ4n) is 0.577. The number of aliphatic imine (C=N–C) groups is 1. The summed E-state index contributed by atoms with van der Waals surface area (Å²) >= 11 is 0. The zero-order valence-corrected chi connectivity index (χ0v) is 6.91. The van der Waals surface area contributed by atoms with Gasteiger partial charge in [0.1, 0.15) is 0 Å². The van der Waals surface area contributed by atoms with Gasteiger partial charge >= 0.3 is 37.7 Å². The van der Waals surface area contributed by atoms with Crippen LogP contribution in [-0.2, 0) is 0 Å². The van der Waals surface area contributed by atoms with Gasteiger partial charge in [-0.25, -0.2) is 10.9 Å². The molecule has 0 N–H and O–H groups in total. The van der Waals surface area contributed by atoms with Crippen LogP contribution in [0.3, 0.4) is 0 Å². The van der Waals surface area contributed by atoms with Gasteiger partial charge in [-0.2, -0.15) is 0 Å². The van der Waals surface area contributed by atoms with Gasteiger partial charge < -0.3 is 6.58 Å². The average Bonchev–Trinajstić information content (AvgIpc) is 1.91. The van der Waals surface area contributed by atoms with E-state index in [-0.39, 0.29) is 37.7 Å². The number of benzene rings is 1. The number of nitrogens with zero attached hydrogens (tertiary/aromatic N) is 1. The van der Waals surface area contributed by atoms with Gasteiger partial charge in [0.25, 0.3) is 0 Å². The Balaban J connectivity index is 0. The second kappa shape index (κ2) is 7.97. The van der Waals surface area contributed by atoms with Gasteiger partial charge in [0.2, 0.25) is 0 Å². The predicted molar refractivity (Wildman–Crippen MR) is 37.8 cm³/mol. The van der Waals surface area contributed by atoms with Crippen LogP contribution in [-0.4, -0.2) is 5.87 Å². The fourth-order valence-corrected chi connectivity index (χ4v) is 0.577. The van der Waals surface area contributed by atoms with Crippen molar-refractivity contribution in [2.75, 3.05) is 0 Å². The Morgan fingerprint density at radius 1 is 1.09 bits per heavy atom. The molecule has 1 nitrogen and oxygen atoms in total. The number of hydrogen-bond donors (Lipinski definition) is 0. The molecule has 0 amide bonds. The van der Waals surface area contributed by atoms with Gasteiger partial charge in [-0.3, -0.25) is 0 Å². The molecule has 0 saturated carbocycles. The van der Waals surface area contributed by atoms with Crippen LogP contribution in [0.5, 0.6) is 0 Å². The van der Waals surface area contributed by atoms with E-state index in [1.165, 1.54) is 0 Å². The van der Waals surface area contributed by atoms with E-state index >= 15 is 0 Å². The van der Waals surface area contributed by atoms with Crippen molar-refractivity contribution in [3.63, 3.8) is 0 Å². The summed E-state index contributed by atoms with van der Waals surface area (Å²) in [7, 11) is 0. The van der Waals surface area contributed by atoms with Gasteiger partial charge in [-0.05, 0) is 12.1 Å². The molecule has 0 aromatic heterocycles. The molecule has 0 aliphatic rings. The molecule has 1 aromatic carbocycles. The summed E-state index contributed by atoms with van der Waals surface area (Å²) in [6.45, 7) is 4.94. The summed E-state index contributed by atoms with van der Waals surface area (Å²) in [4.78, 5) is 3.73. The second-order valence-corrected chi connectivity index (χ2v) is 1.58. The quantitative estimate of drug-likeness (QED) is 0.208. The smallest absolute Gasteiger partial charge is 0.444 e. The van der Waals surface area contributed by atoms with E-state index in [1.807, 2.05) is 30.3 Å². The maximum atomic E-state index is 4.94. The van der Waals surface area contributed by atoms with Crippen LogP contribution in [0.1, 0.15) is 0 Å². The van der Waals surface area contributed by atoms with Crippen molar-refractivity contribution in [2.45, 2.75) is 0 Å². The molecule has 0 spiro atoms. The molecular formula is C8H6Li2N+. The zero-order chi connectivity index (χ0) is 6.53. The largest absolute Gasteiger partial charge is 1.00 e. The molecule has 11 heavy (non-hydrogen) atoms. The molecule has 1 aromatic rings. The van der Waals surface area contributed by atoms with Crippen molar-refractivity contribution in [1.29, 1.82) is 0 Å². The van der Waals surface area contributed by atoms with Gasteiger partial charge in [0, 0.05) is 0 Å². The Morgan fingerprint density at radius 3 is 2.09 bits per heavy atom. The Hall–Kier alpha value is -0.135. The standard InChI is InChI=1S/C8H6N.2Li/c1-2-9-8-6-4-3-5-7-8;;/h1,3-7H;;/q-1;2*+1. The summed E-state index contributed by atoms with van der Waals surface area (Å²) in [5, 5.41) is 0. The van der Waals surface area contributed by atoms with Crippen LogP contribution in [0.25, 0.3) is 0 Å². The first-order valence-corrected chi connectivity index (χ1v) is 2.65. The second-order valence-electron chi connectivity index (χ2n) is 1.58. The number of para-hydroxylation sites is 1. The maximum Gasteiger partial charge on any atom is 1.00 e. The van der Waals surface area contributed by atoms with Gasteiger partial charge in [-0.1, -0.05) is 18.2 Å². The van der Waals surface area contributed by atoms with Crippen molar-refractivity contribution in [3.8, 4) is 0 Å². The minimum absolute atomic E-state index is 0. The Morgan fingerprint density at radius 2 is 1.64 bits per heavy atom. The monoisotopic (exact) mass is 130 g/mol. The summed E-state index contributed by atoms with van der Waals surface area (Å²) in [5.74, 6) is 2.21. The summed E-state index contributed by atoms with van der Waals surface area (Å²) in [5.41, 5.74) is 0.833. The minimum Gasteiger partial charge on any atom is -0.444 e. The molecule has 0 bridgehead atoms. The molecule has 1 rings (SSSR count). The van der Waals surface area contributed by atoms with E-state index in [0.29, 0.717) is 0 Å². The molecule has 0 heterocycles. The molecule has 0 unspecified atom stereocenters. The normalized spacial score (nSPS) is 6.55. The molecule has 0 aliphatic heterocycles. The van der Waals surface area contributed by atoms with E-state index in [9.17, 15) is 0 Å². The number of hydrogen-bond acceptors (Lipinski definition) is 1. The van der Waals surface area contributed by atoms with E-state index in [0.717, 1.165) is 5.69 Å². The third-order valence-corrected chi connectivity index (χ3v) is 0.950. The maximum absolute atomic E-state index is 4.94. The molecule has 3 heteroatoms. The first kappa shape index (κ1) is 13.5. The Labute approximate surface area is 91.0 Å². The van der Waals surface area contributed by atoms with Crippen molar-refractivity contribution >= 4 is 11.6 Å². The molecule has 0 aliphatic carbocycles. The van der Waals surface area contributed by atoms with Gasteiger partial charge in [0.05, 0.1) is 5.69 Å². The first-order chi connectivity index (χ1) is 4.43.